The molecule has 0 heterocycles. The van der Waals surface area contributed by atoms with Gasteiger partial charge < -0.3 is 9.84 Å². The van der Waals surface area contributed by atoms with E-state index >= 15 is 0 Å². The smallest absolute Gasteiger partial charge is 0.378 e. The van der Waals surface area contributed by atoms with E-state index in [1.165, 1.54) is 0 Å². The van der Waals surface area contributed by atoms with Crippen molar-refractivity contribution in [2.24, 2.45) is 29.1 Å². The summed E-state index contributed by atoms with van der Waals surface area (Å²) < 4.78 is 33.2. The Kier molecular flexibility index (Phi) is 4.40. The summed E-state index contributed by atoms with van der Waals surface area (Å²) in [5.41, 5.74) is -0.895. The predicted molar refractivity (Wildman–Crippen MR) is 82.9 cm³/mol. The van der Waals surface area contributed by atoms with Crippen molar-refractivity contribution in [1.29, 1.82) is 0 Å². The lowest BCUT2D eigenvalue weighted by Crippen LogP contribution is -2.56. The van der Waals surface area contributed by atoms with E-state index in [4.69, 9.17) is 9.84 Å². The molecule has 4 rings (SSSR count). The Balaban J connectivity index is 1.80. The Morgan fingerprint density at radius 1 is 1.24 bits per heavy atom. The van der Waals surface area contributed by atoms with Gasteiger partial charge in [0.25, 0.3) is 0 Å². The minimum absolute atomic E-state index is 0.178. The van der Waals surface area contributed by atoms with Crippen molar-refractivity contribution >= 4 is 17.7 Å². The fourth-order valence-corrected chi connectivity index (χ4v) is 5.09. The van der Waals surface area contributed by atoms with E-state index in [-0.39, 0.29) is 35.9 Å². The first-order chi connectivity index (χ1) is 11.5. The monoisotopic (exact) mass is 358 g/mol. The van der Waals surface area contributed by atoms with Gasteiger partial charge in [-0.1, -0.05) is 13.8 Å². The van der Waals surface area contributed by atoms with Crippen molar-refractivity contribution in [3.63, 3.8) is 0 Å². The number of alkyl halides is 2. The molecule has 4 bridgehead atoms. The standard InChI is InChI=1S/C18H24F2O5/c1-9(2)3-13(18(19,20)15(22)23)25-16(24)17-6-10-4-11(7-17)14(21)12(5-10)8-17/h9-13H,3-8H2,1-2H3,(H,22,23). The number of hydrogen-bond donors (Lipinski definition) is 1. The molecule has 3 unspecified atom stereocenters. The Bertz CT molecular complexity index is 582. The summed E-state index contributed by atoms with van der Waals surface area (Å²) in [6.45, 7) is 3.34. The third kappa shape index (κ3) is 3.06. The Morgan fingerprint density at radius 2 is 1.80 bits per heavy atom. The zero-order valence-electron chi connectivity index (χ0n) is 14.5. The predicted octanol–water partition coefficient (Wildman–Crippen LogP) is 3.06. The average molecular weight is 358 g/mol. The van der Waals surface area contributed by atoms with Gasteiger partial charge in [0.15, 0.2) is 6.10 Å². The van der Waals surface area contributed by atoms with Gasteiger partial charge in [-0.05, 0) is 50.4 Å². The van der Waals surface area contributed by atoms with Crippen LogP contribution in [0.15, 0.2) is 0 Å². The maximum absolute atomic E-state index is 14.0. The molecule has 0 spiro atoms. The van der Waals surface area contributed by atoms with Crippen LogP contribution in [-0.4, -0.2) is 34.9 Å². The number of ketones is 1. The molecule has 7 heteroatoms. The normalized spacial score (nSPS) is 35.1. The lowest BCUT2D eigenvalue weighted by Gasteiger charge is -2.54. The lowest BCUT2D eigenvalue weighted by molar-refractivity contribution is -0.206. The van der Waals surface area contributed by atoms with E-state index in [1.54, 1.807) is 13.8 Å². The molecule has 0 aromatic heterocycles. The molecular formula is C18H24F2O5. The van der Waals surface area contributed by atoms with Crippen LogP contribution in [0.4, 0.5) is 8.78 Å². The molecule has 0 aromatic carbocycles. The number of carboxylic acids is 1. The Labute approximate surface area is 145 Å². The minimum atomic E-state index is -4.13. The van der Waals surface area contributed by atoms with Crippen LogP contribution in [0, 0.1) is 29.1 Å². The quantitative estimate of drug-likeness (QED) is 0.738. The van der Waals surface area contributed by atoms with Crippen molar-refractivity contribution < 1.29 is 33.0 Å². The number of aliphatic carboxylic acids is 1. The van der Waals surface area contributed by atoms with E-state index in [2.05, 4.69) is 0 Å². The molecule has 4 fully saturated rings. The third-order valence-electron chi connectivity index (χ3n) is 6.05. The van der Waals surface area contributed by atoms with Gasteiger partial charge in [-0.25, -0.2) is 4.79 Å². The van der Waals surface area contributed by atoms with Crippen LogP contribution in [0.2, 0.25) is 0 Å². The van der Waals surface area contributed by atoms with Crippen molar-refractivity contribution in [1.82, 2.24) is 0 Å². The summed E-state index contributed by atoms with van der Waals surface area (Å²) in [7, 11) is 0. The van der Waals surface area contributed by atoms with Crippen LogP contribution in [0.25, 0.3) is 0 Å². The maximum Gasteiger partial charge on any atom is 0.378 e. The van der Waals surface area contributed by atoms with Gasteiger partial charge in [0.2, 0.25) is 0 Å². The number of halogens is 2. The molecule has 4 saturated carbocycles. The highest BCUT2D eigenvalue weighted by Crippen LogP contribution is 2.59. The second-order valence-corrected chi connectivity index (χ2v) is 8.48. The molecule has 0 aromatic rings. The number of carboxylic acid groups (broad SMARTS) is 1. The van der Waals surface area contributed by atoms with Crippen LogP contribution in [-0.2, 0) is 19.1 Å². The summed E-state index contributed by atoms with van der Waals surface area (Å²) in [4.78, 5) is 35.9. The van der Waals surface area contributed by atoms with Crippen LogP contribution in [0.1, 0.15) is 52.4 Å². The first-order valence-corrected chi connectivity index (χ1v) is 8.91. The van der Waals surface area contributed by atoms with Crippen molar-refractivity contribution in [2.75, 3.05) is 0 Å². The Hall–Kier alpha value is -1.53. The van der Waals surface area contributed by atoms with Gasteiger partial charge in [0.05, 0.1) is 5.41 Å². The van der Waals surface area contributed by atoms with Crippen LogP contribution >= 0.6 is 0 Å². The van der Waals surface area contributed by atoms with E-state index in [1.807, 2.05) is 0 Å². The molecule has 4 aliphatic rings. The average Bonchev–Trinajstić information content (AvgIpc) is 2.50. The number of carbonyl (C=O) groups is 3. The summed E-state index contributed by atoms with van der Waals surface area (Å²) in [5, 5.41) is 8.82. The van der Waals surface area contributed by atoms with E-state index in [9.17, 15) is 23.2 Å². The highest BCUT2D eigenvalue weighted by atomic mass is 19.3. The summed E-state index contributed by atoms with van der Waals surface area (Å²) in [6, 6.07) is 0. The molecule has 25 heavy (non-hydrogen) atoms. The lowest BCUT2D eigenvalue weighted by atomic mass is 9.49. The van der Waals surface area contributed by atoms with E-state index < -0.39 is 29.4 Å². The maximum atomic E-state index is 14.0. The third-order valence-corrected chi connectivity index (χ3v) is 6.05. The molecule has 5 nitrogen and oxygen atoms in total. The highest BCUT2D eigenvalue weighted by Gasteiger charge is 2.60. The molecule has 1 N–H and O–H groups in total. The second kappa shape index (κ2) is 6.02. The fourth-order valence-electron chi connectivity index (χ4n) is 5.09. The molecular weight excluding hydrogens is 334 g/mol. The molecule has 140 valence electrons. The molecule has 4 aliphatic carbocycles. The first kappa shape index (κ1) is 18.3. The SMILES string of the molecule is CC(C)CC(OC(=O)C12CC3CC(C1)C(=O)C(C3)C2)C(F)(F)C(=O)O. The molecule has 3 atom stereocenters. The summed E-state index contributed by atoms with van der Waals surface area (Å²) in [6.07, 6.45) is 0.585. The highest BCUT2D eigenvalue weighted by molar-refractivity contribution is 5.90. The van der Waals surface area contributed by atoms with Crippen molar-refractivity contribution in [3.8, 4) is 0 Å². The number of Topliss-reactive ketones (excluding diaryl/α,β-unsaturated/α-hetero) is 1. The summed E-state index contributed by atoms with van der Waals surface area (Å²) >= 11 is 0. The zero-order valence-corrected chi connectivity index (χ0v) is 14.5. The molecule has 0 aliphatic heterocycles. The molecule has 0 amide bonds. The van der Waals surface area contributed by atoms with Crippen LogP contribution in [0.5, 0.6) is 0 Å². The molecule has 0 radical (unpaired) electrons. The number of ether oxygens (including phenoxy) is 1. The minimum Gasteiger partial charge on any atom is -0.477 e. The van der Waals surface area contributed by atoms with E-state index in [0.717, 1.165) is 12.8 Å². The number of esters is 1. The Morgan fingerprint density at radius 3 is 2.28 bits per heavy atom. The topological polar surface area (TPSA) is 80.7 Å². The number of carbonyl (C=O) groups excluding carboxylic acids is 2. The van der Waals surface area contributed by atoms with Crippen LogP contribution < -0.4 is 0 Å². The number of hydrogen-bond acceptors (Lipinski definition) is 4. The van der Waals surface area contributed by atoms with Crippen molar-refractivity contribution in [3.05, 3.63) is 0 Å². The van der Waals surface area contributed by atoms with Crippen LogP contribution in [0.3, 0.4) is 0 Å². The van der Waals surface area contributed by atoms with Gasteiger partial charge in [-0.3, -0.25) is 9.59 Å². The second-order valence-electron chi connectivity index (χ2n) is 8.48. The molecule has 0 saturated heterocycles. The largest absolute Gasteiger partial charge is 0.477 e. The van der Waals surface area contributed by atoms with E-state index in [0.29, 0.717) is 19.3 Å². The van der Waals surface area contributed by atoms with Gasteiger partial charge >= 0.3 is 17.9 Å². The van der Waals surface area contributed by atoms with Gasteiger partial charge in [-0.15, -0.1) is 0 Å². The van der Waals surface area contributed by atoms with Gasteiger partial charge in [-0.2, -0.15) is 8.78 Å². The first-order valence-electron chi connectivity index (χ1n) is 8.91. The summed E-state index contributed by atoms with van der Waals surface area (Å²) in [5.74, 6) is -7.32. The van der Waals surface area contributed by atoms with Crippen molar-refractivity contribution in [2.45, 2.75) is 64.4 Å². The van der Waals surface area contributed by atoms with Gasteiger partial charge in [0.1, 0.15) is 5.78 Å². The number of rotatable bonds is 6. The fraction of sp³-hybridized carbons (Fsp3) is 0.833. The zero-order chi connectivity index (χ0) is 18.6. The van der Waals surface area contributed by atoms with Gasteiger partial charge in [0, 0.05) is 11.8 Å².